The first-order chi connectivity index (χ1) is 12.1. The number of likely N-dealkylation sites (tertiary alicyclic amines) is 1. The predicted octanol–water partition coefficient (Wildman–Crippen LogP) is 4.08. The normalized spacial score (nSPS) is 21.4. The van der Waals surface area contributed by atoms with Crippen LogP contribution in [0.15, 0.2) is 30.3 Å². The molecule has 1 saturated carbocycles. The Hall–Kier alpha value is -0.810. The Balaban J connectivity index is 0.00000182. The lowest BCUT2D eigenvalue weighted by atomic mass is 9.91. The minimum Gasteiger partial charge on any atom is -0.353 e. The first kappa shape index (κ1) is 24.2. The second-order valence-electron chi connectivity index (χ2n) is 7.84. The highest BCUT2D eigenvalue weighted by molar-refractivity contribution is 5.85. The van der Waals surface area contributed by atoms with Gasteiger partial charge in [0.05, 0.1) is 5.92 Å². The second-order valence-corrected chi connectivity index (χ2v) is 7.84. The summed E-state index contributed by atoms with van der Waals surface area (Å²) in [4.78, 5) is 15.3. The van der Waals surface area contributed by atoms with E-state index in [2.05, 4.69) is 10.2 Å². The maximum absolute atomic E-state index is 12.6. The first-order valence-corrected chi connectivity index (χ1v) is 10.00. The third-order valence-corrected chi connectivity index (χ3v) is 6.10. The third-order valence-electron chi connectivity index (χ3n) is 6.10. The number of nitrogens with one attached hydrogen (secondary N) is 1. The summed E-state index contributed by atoms with van der Waals surface area (Å²) < 4.78 is 0. The third kappa shape index (κ3) is 6.63. The number of amides is 1. The highest BCUT2D eigenvalue weighted by Crippen LogP contribution is 2.26. The van der Waals surface area contributed by atoms with Gasteiger partial charge in [-0.15, -0.1) is 24.8 Å². The van der Waals surface area contributed by atoms with E-state index in [0.717, 1.165) is 37.5 Å². The number of nitrogens with zero attached hydrogens (tertiary/aromatic N) is 1. The van der Waals surface area contributed by atoms with Crippen molar-refractivity contribution in [3.8, 4) is 0 Å². The molecular weight excluding hydrogens is 381 g/mol. The fraction of sp³-hybridized carbons (Fsp3) is 0.667. The van der Waals surface area contributed by atoms with E-state index in [-0.39, 0.29) is 42.7 Å². The second kappa shape index (κ2) is 11.9. The highest BCUT2D eigenvalue weighted by Gasteiger charge is 2.29. The van der Waals surface area contributed by atoms with Crippen molar-refractivity contribution < 1.29 is 4.79 Å². The van der Waals surface area contributed by atoms with Gasteiger partial charge < -0.3 is 16.0 Å². The quantitative estimate of drug-likeness (QED) is 0.761. The van der Waals surface area contributed by atoms with Gasteiger partial charge in [0.25, 0.3) is 0 Å². The molecule has 0 bridgehead atoms. The molecule has 1 aliphatic heterocycles. The van der Waals surface area contributed by atoms with Gasteiger partial charge in [-0.2, -0.15) is 0 Å². The van der Waals surface area contributed by atoms with Crippen molar-refractivity contribution >= 4 is 30.7 Å². The van der Waals surface area contributed by atoms with Crippen LogP contribution in [0.4, 0.5) is 0 Å². The van der Waals surface area contributed by atoms with Gasteiger partial charge in [0.15, 0.2) is 0 Å². The fourth-order valence-corrected chi connectivity index (χ4v) is 4.31. The van der Waals surface area contributed by atoms with Crippen LogP contribution in [0.25, 0.3) is 0 Å². The lowest BCUT2D eigenvalue weighted by Gasteiger charge is -2.39. The first-order valence-electron chi connectivity index (χ1n) is 10.00. The molecule has 2 unspecified atom stereocenters. The van der Waals surface area contributed by atoms with Crippen molar-refractivity contribution in [1.29, 1.82) is 0 Å². The molecule has 2 aliphatic rings. The van der Waals surface area contributed by atoms with Crippen molar-refractivity contribution in [3.63, 3.8) is 0 Å². The minimum atomic E-state index is -0.247. The molecule has 1 aromatic rings. The van der Waals surface area contributed by atoms with Crippen LogP contribution in [0.2, 0.25) is 0 Å². The van der Waals surface area contributed by atoms with Crippen LogP contribution in [0.1, 0.15) is 63.5 Å². The lowest BCUT2D eigenvalue weighted by Crippen LogP contribution is -2.49. The molecule has 0 radical (unpaired) electrons. The monoisotopic (exact) mass is 415 g/mol. The van der Waals surface area contributed by atoms with Crippen LogP contribution < -0.4 is 11.1 Å². The van der Waals surface area contributed by atoms with Gasteiger partial charge in [0.1, 0.15) is 0 Å². The van der Waals surface area contributed by atoms with Gasteiger partial charge >= 0.3 is 0 Å². The van der Waals surface area contributed by atoms with Crippen LogP contribution in [0.5, 0.6) is 0 Å². The van der Waals surface area contributed by atoms with Crippen LogP contribution >= 0.6 is 24.8 Å². The Morgan fingerprint density at radius 2 is 1.63 bits per heavy atom. The van der Waals surface area contributed by atoms with E-state index in [1.54, 1.807) is 0 Å². The number of nitrogens with two attached hydrogens (primary N) is 1. The van der Waals surface area contributed by atoms with Crippen LogP contribution in [-0.2, 0) is 4.79 Å². The number of hydrogen-bond acceptors (Lipinski definition) is 3. The molecule has 1 aliphatic carbocycles. The van der Waals surface area contributed by atoms with Crippen molar-refractivity contribution in [2.75, 3.05) is 13.1 Å². The summed E-state index contributed by atoms with van der Waals surface area (Å²) in [6.45, 7) is 4.17. The van der Waals surface area contributed by atoms with Crippen molar-refractivity contribution in [3.05, 3.63) is 35.9 Å². The summed E-state index contributed by atoms with van der Waals surface area (Å²) >= 11 is 0. The SMILES string of the molecule is CC(C(=O)NC1CCN(C2CCCCC2)CC1)C(N)c1ccccc1.Cl.Cl. The van der Waals surface area contributed by atoms with E-state index in [1.165, 1.54) is 32.1 Å². The summed E-state index contributed by atoms with van der Waals surface area (Å²) in [5, 5.41) is 3.25. The molecule has 3 rings (SSSR count). The van der Waals surface area contributed by atoms with Gasteiger partial charge in [-0.05, 0) is 31.2 Å². The van der Waals surface area contributed by atoms with E-state index >= 15 is 0 Å². The average Bonchev–Trinajstić information content (AvgIpc) is 2.68. The molecule has 4 nitrogen and oxygen atoms in total. The number of rotatable bonds is 5. The summed E-state index contributed by atoms with van der Waals surface area (Å²) in [5.74, 6) is -0.119. The molecule has 27 heavy (non-hydrogen) atoms. The Morgan fingerprint density at radius 3 is 2.22 bits per heavy atom. The Bertz CT molecular complexity index is 544. The van der Waals surface area contributed by atoms with Crippen LogP contribution in [-0.4, -0.2) is 36.0 Å². The zero-order valence-electron chi connectivity index (χ0n) is 16.3. The number of benzene rings is 1. The van der Waals surface area contributed by atoms with E-state index < -0.39 is 0 Å². The summed E-state index contributed by atoms with van der Waals surface area (Å²) in [6, 6.07) is 10.8. The molecular formula is C21H35Cl2N3O. The molecule has 1 aromatic carbocycles. The van der Waals surface area contributed by atoms with Gasteiger partial charge in [-0.3, -0.25) is 4.79 Å². The van der Waals surface area contributed by atoms with E-state index in [9.17, 15) is 4.79 Å². The van der Waals surface area contributed by atoms with Gasteiger partial charge in [-0.25, -0.2) is 0 Å². The molecule has 2 atom stereocenters. The van der Waals surface area contributed by atoms with Gasteiger partial charge in [0.2, 0.25) is 5.91 Å². The zero-order chi connectivity index (χ0) is 17.6. The zero-order valence-corrected chi connectivity index (χ0v) is 17.9. The van der Waals surface area contributed by atoms with Crippen molar-refractivity contribution in [1.82, 2.24) is 10.2 Å². The topological polar surface area (TPSA) is 58.4 Å². The molecule has 6 heteroatoms. The standard InChI is InChI=1S/C21H33N3O.2ClH/c1-16(20(22)17-8-4-2-5-9-17)21(25)23-18-12-14-24(15-13-18)19-10-6-3-7-11-19;;/h2,4-5,8-9,16,18-20H,3,6-7,10-15,22H2,1H3,(H,23,25);2*1H. The fourth-order valence-electron chi connectivity index (χ4n) is 4.31. The van der Waals surface area contributed by atoms with E-state index in [4.69, 9.17) is 5.73 Å². The predicted molar refractivity (Wildman–Crippen MR) is 117 cm³/mol. The molecule has 1 saturated heterocycles. The Labute approximate surface area is 176 Å². The largest absolute Gasteiger partial charge is 0.353 e. The van der Waals surface area contributed by atoms with Crippen LogP contribution in [0.3, 0.4) is 0 Å². The summed E-state index contributed by atoms with van der Waals surface area (Å²) in [7, 11) is 0. The molecule has 1 amide bonds. The summed E-state index contributed by atoms with van der Waals surface area (Å²) in [5.41, 5.74) is 7.32. The maximum Gasteiger partial charge on any atom is 0.224 e. The van der Waals surface area contributed by atoms with Crippen LogP contribution in [0, 0.1) is 5.92 Å². The van der Waals surface area contributed by atoms with E-state index in [1.807, 2.05) is 37.3 Å². The smallest absolute Gasteiger partial charge is 0.224 e. The summed E-state index contributed by atoms with van der Waals surface area (Å²) in [6.07, 6.45) is 9.03. The molecule has 2 fully saturated rings. The average molecular weight is 416 g/mol. The van der Waals surface area contributed by atoms with Crippen molar-refractivity contribution in [2.24, 2.45) is 11.7 Å². The Morgan fingerprint density at radius 1 is 1.04 bits per heavy atom. The highest BCUT2D eigenvalue weighted by atomic mass is 35.5. The lowest BCUT2D eigenvalue weighted by molar-refractivity contribution is -0.126. The van der Waals surface area contributed by atoms with E-state index in [0.29, 0.717) is 6.04 Å². The number of carbonyl (C=O) groups excluding carboxylic acids is 1. The molecule has 3 N–H and O–H groups in total. The number of hydrogen-bond donors (Lipinski definition) is 2. The number of carbonyl (C=O) groups is 1. The number of halogens is 2. The molecule has 154 valence electrons. The minimum absolute atomic E-state index is 0. The Kier molecular flexibility index (Phi) is 10.7. The molecule has 1 heterocycles. The van der Waals surface area contributed by atoms with Gasteiger partial charge in [-0.1, -0.05) is 56.5 Å². The maximum atomic E-state index is 12.6. The van der Waals surface area contributed by atoms with Crippen molar-refractivity contribution in [2.45, 2.75) is 70.0 Å². The van der Waals surface area contributed by atoms with Gasteiger partial charge in [0, 0.05) is 31.2 Å². The molecule has 0 aromatic heterocycles. The number of piperidine rings is 1. The molecule has 0 spiro atoms.